The molecule has 3 rings (SSSR count). The van der Waals surface area contributed by atoms with Gasteiger partial charge in [-0.1, -0.05) is 0 Å². The number of carbonyl (C=O) groups is 1. The average molecular weight is 370 g/mol. The molecular weight excluding hydrogens is 346 g/mol. The number of hydrogen-bond acceptors (Lipinski definition) is 5. The van der Waals surface area contributed by atoms with Crippen molar-refractivity contribution >= 4 is 27.7 Å². The van der Waals surface area contributed by atoms with Crippen LogP contribution in [-0.2, 0) is 10.0 Å². The van der Waals surface area contributed by atoms with E-state index in [2.05, 4.69) is 9.71 Å². The van der Waals surface area contributed by atoms with E-state index >= 15 is 0 Å². The maximum absolute atomic E-state index is 12.7. The highest BCUT2D eigenvalue weighted by Gasteiger charge is 2.36. The number of rotatable bonds is 6. The van der Waals surface area contributed by atoms with Crippen LogP contribution in [-0.4, -0.2) is 55.3 Å². The van der Waals surface area contributed by atoms with Crippen LogP contribution >= 0.6 is 11.8 Å². The van der Waals surface area contributed by atoms with Gasteiger partial charge in [0.25, 0.3) is 5.91 Å². The van der Waals surface area contributed by atoms with Gasteiger partial charge in [0.1, 0.15) is 5.03 Å². The van der Waals surface area contributed by atoms with E-state index in [0.29, 0.717) is 31.1 Å². The third-order valence-corrected chi connectivity index (χ3v) is 7.26. The predicted octanol–water partition coefficient (Wildman–Crippen LogP) is 1.74. The Morgan fingerprint density at radius 2 is 2.04 bits per heavy atom. The van der Waals surface area contributed by atoms with Crippen LogP contribution < -0.4 is 4.72 Å². The van der Waals surface area contributed by atoms with Gasteiger partial charge in [0.05, 0.1) is 10.8 Å². The van der Waals surface area contributed by atoms with Crippen molar-refractivity contribution in [3.63, 3.8) is 0 Å². The third-order valence-electron chi connectivity index (χ3n) is 4.63. The fourth-order valence-corrected chi connectivity index (χ4v) is 4.96. The summed E-state index contributed by atoms with van der Waals surface area (Å²) in [7, 11) is -3.11. The smallest absolute Gasteiger partial charge is 0.256 e. The van der Waals surface area contributed by atoms with Crippen LogP contribution in [0.4, 0.5) is 0 Å². The maximum Gasteiger partial charge on any atom is 0.256 e. The highest BCUT2D eigenvalue weighted by atomic mass is 32.2. The zero-order valence-corrected chi connectivity index (χ0v) is 15.4. The molecule has 0 aromatic carbocycles. The second-order valence-corrected chi connectivity index (χ2v) is 9.23. The molecular formula is C16H23N3O3S2. The summed E-state index contributed by atoms with van der Waals surface area (Å²) in [5, 5.41) is 0.580. The van der Waals surface area contributed by atoms with Crippen molar-refractivity contribution in [2.45, 2.75) is 36.0 Å². The fraction of sp³-hybridized carbons (Fsp3) is 0.625. The van der Waals surface area contributed by atoms with E-state index in [0.717, 1.165) is 30.7 Å². The minimum absolute atomic E-state index is 0.0180. The Morgan fingerprint density at radius 1 is 1.33 bits per heavy atom. The second kappa shape index (κ2) is 7.41. The molecule has 0 spiro atoms. The summed E-state index contributed by atoms with van der Waals surface area (Å²) in [4.78, 5) is 18.8. The molecule has 0 unspecified atom stereocenters. The Labute approximate surface area is 147 Å². The Morgan fingerprint density at radius 3 is 2.67 bits per heavy atom. The monoisotopic (exact) mass is 369 g/mol. The van der Waals surface area contributed by atoms with E-state index in [9.17, 15) is 13.2 Å². The first-order valence-electron chi connectivity index (χ1n) is 8.28. The molecule has 6 nitrogen and oxygen atoms in total. The number of likely N-dealkylation sites (tertiary alicyclic amines) is 1. The molecule has 24 heavy (non-hydrogen) atoms. The van der Waals surface area contributed by atoms with Gasteiger partial charge in [-0.3, -0.25) is 4.79 Å². The Kier molecular flexibility index (Phi) is 5.46. The standard InChI is InChI=1S/C16H23N3O3S2/c1-23-15-14(3-2-8-17-15)16(20)19-9-6-12(7-10-19)11-18-24(21,22)13-4-5-13/h2-3,8,12-13,18H,4-7,9-11H2,1H3. The van der Waals surface area contributed by atoms with Gasteiger partial charge in [0.2, 0.25) is 10.0 Å². The second-order valence-electron chi connectivity index (χ2n) is 6.39. The third kappa shape index (κ3) is 4.10. The van der Waals surface area contributed by atoms with E-state index in [1.54, 1.807) is 12.3 Å². The molecule has 1 amide bonds. The van der Waals surface area contributed by atoms with E-state index < -0.39 is 10.0 Å². The lowest BCUT2D eigenvalue weighted by atomic mass is 9.97. The Balaban J connectivity index is 1.52. The van der Waals surface area contributed by atoms with Crippen LogP contribution in [0.15, 0.2) is 23.4 Å². The number of pyridine rings is 1. The van der Waals surface area contributed by atoms with Crippen LogP contribution in [0.25, 0.3) is 0 Å². The number of nitrogens with one attached hydrogen (secondary N) is 1. The molecule has 1 saturated carbocycles. The van der Waals surface area contributed by atoms with Gasteiger partial charge >= 0.3 is 0 Å². The summed E-state index contributed by atoms with van der Waals surface area (Å²) in [6, 6.07) is 3.60. The van der Waals surface area contributed by atoms with Gasteiger partial charge in [0.15, 0.2) is 0 Å². The van der Waals surface area contributed by atoms with E-state index in [4.69, 9.17) is 0 Å². The summed E-state index contributed by atoms with van der Waals surface area (Å²) < 4.78 is 26.5. The summed E-state index contributed by atoms with van der Waals surface area (Å²) in [6.45, 7) is 1.82. The Hall–Kier alpha value is -1.12. The van der Waals surface area contributed by atoms with Crippen LogP contribution in [0.5, 0.6) is 0 Å². The van der Waals surface area contributed by atoms with Crippen molar-refractivity contribution in [2.75, 3.05) is 25.9 Å². The van der Waals surface area contributed by atoms with E-state index in [-0.39, 0.29) is 11.2 Å². The van der Waals surface area contributed by atoms with Gasteiger partial charge in [-0.2, -0.15) is 0 Å². The van der Waals surface area contributed by atoms with Gasteiger partial charge in [0, 0.05) is 25.8 Å². The Bertz CT molecular complexity index is 696. The first-order chi connectivity index (χ1) is 11.5. The van der Waals surface area contributed by atoms with Crippen molar-refractivity contribution in [3.8, 4) is 0 Å². The van der Waals surface area contributed by atoms with Crippen molar-refractivity contribution < 1.29 is 13.2 Å². The van der Waals surface area contributed by atoms with Crippen LogP contribution in [0.2, 0.25) is 0 Å². The first kappa shape index (κ1) is 17.7. The normalized spacial score (nSPS) is 19.5. The number of hydrogen-bond donors (Lipinski definition) is 1. The van der Waals surface area contributed by atoms with E-state index in [1.807, 2.05) is 17.2 Å². The molecule has 0 atom stereocenters. The summed E-state index contributed by atoms with van der Waals surface area (Å²) in [6.07, 6.45) is 6.83. The lowest BCUT2D eigenvalue weighted by molar-refractivity contribution is 0.0687. The molecule has 1 aliphatic heterocycles. The van der Waals surface area contributed by atoms with Crippen molar-refractivity contribution in [1.82, 2.24) is 14.6 Å². The highest BCUT2D eigenvalue weighted by molar-refractivity contribution is 7.98. The zero-order chi connectivity index (χ0) is 17.2. The number of amides is 1. The quantitative estimate of drug-likeness (QED) is 0.773. The van der Waals surface area contributed by atoms with Crippen molar-refractivity contribution in [3.05, 3.63) is 23.9 Å². The van der Waals surface area contributed by atoms with Crippen molar-refractivity contribution in [2.24, 2.45) is 5.92 Å². The van der Waals surface area contributed by atoms with Crippen LogP contribution in [0.3, 0.4) is 0 Å². The number of nitrogens with zero attached hydrogens (tertiary/aromatic N) is 2. The lowest BCUT2D eigenvalue weighted by Crippen LogP contribution is -2.42. The van der Waals surface area contributed by atoms with Gasteiger partial charge in [-0.05, 0) is 50.0 Å². The SMILES string of the molecule is CSc1ncccc1C(=O)N1CCC(CNS(=O)(=O)C2CC2)CC1. The molecule has 2 fully saturated rings. The van der Waals surface area contributed by atoms with Gasteiger partial charge < -0.3 is 4.90 Å². The molecule has 8 heteroatoms. The van der Waals surface area contributed by atoms with Crippen molar-refractivity contribution in [1.29, 1.82) is 0 Å². The molecule has 2 aliphatic rings. The molecule has 1 aromatic rings. The number of carbonyl (C=O) groups excluding carboxylic acids is 1. The number of sulfonamides is 1. The lowest BCUT2D eigenvalue weighted by Gasteiger charge is -2.32. The molecule has 1 aliphatic carbocycles. The van der Waals surface area contributed by atoms with Gasteiger partial charge in [-0.25, -0.2) is 18.1 Å². The van der Waals surface area contributed by atoms with E-state index in [1.165, 1.54) is 11.8 Å². The number of aromatic nitrogens is 1. The fourth-order valence-electron chi connectivity index (χ4n) is 2.96. The average Bonchev–Trinajstić information content (AvgIpc) is 3.45. The maximum atomic E-state index is 12.7. The highest BCUT2D eigenvalue weighted by Crippen LogP contribution is 2.28. The van der Waals surface area contributed by atoms with Crippen LogP contribution in [0, 0.1) is 5.92 Å². The first-order valence-corrected chi connectivity index (χ1v) is 11.0. The molecule has 0 radical (unpaired) electrons. The van der Waals surface area contributed by atoms with Crippen LogP contribution in [0.1, 0.15) is 36.0 Å². The molecule has 1 aromatic heterocycles. The minimum atomic E-state index is -3.11. The minimum Gasteiger partial charge on any atom is -0.339 e. The molecule has 2 heterocycles. The summed E-state index contributed by atoms with van der Waals surface area (Å²) >= 11 is 1.47. The molecule has 1 saturated heterocycles. The predicted molar refractivity (Wildman–Crippen MR) is 94.6 cm³/mol. The topological polar surface area (TPSA) is 79.4 Å². The molecule has 132 valence electrons. The zero-order valence-electron chi connectivity index (χ0n) is 13.8. The molecule has 0 bridgehead atoms. The summed E-state index contributed by atoms with van der Waals surface area (Å²) in [5.41, 5.74) is 0.651. The number of piperidine rings is 1. The number of thioether (sulfide) groups is 1. The summed E-state index contributed by atoms with van der Waals surface area (Å²) in [5.74, 6) is 0.320. The van der Waals surface area contributed by atoms with Gasteiger partial charge in [-0.15, -0.1) is 11.8 Å². The molecule has 1 N–H and O–H groups in total. The largest absolute Gasteiger partial charge is 0.339 e.